The molecule has 2 amide bonds. The first-order chi connectivity index (χ1) is 10.6. The van der Waals surface area contributed by atoms with E-state index in [1.165, 1.54) is 0 Å². The highest BCUT2D eigenvalue weighted by Gasteiger charge is 2.32. The minimum Gasteiger partial charge on any atom is -0.352 e. The zero-order chi connectivity index (χ0) is 16.1. The summed E-state index contributed by atoms with van der Waals surface area (Å²) in [4.78, 5) is 24.6. The maximum atomic E-state index is 12.5. The number of benzene rings is 1. The van der Waals surface area contributed by atoms with Gasteiger partial charge in [-0.25, -0.2) is 0 Å². The summed E-state index contributed by atoms with van der Waals surface area (Å²) in [5.41, 5.74) is 6.60. The standard InChI is InChI=1S/C16H22ClN3O2.ClH/c1-2-19-15(21)13-8-11(17)6-7-14(13)20-16(22)12-5-3-4-10(12)9-18;/h6-8,10,12H,2-5,9,18H2,1H3,(H,19,21)(H,20,22);1H/t10-,12-;/m1./s1. The lowest BCUT2D eigenvalue weighted by Gasteiger charge is -2.18. The van der Waals surface area contributed by atoms with E-state index < -0.39 is 0 Å². The molecule has 1 aliphatic carbocycles. The molecule has 1 aromatic carbocycles. The minimum atomic E-state index is -0.248. The van der Waals surface area contributed by atoms with E-state index in [4.69, 9.17) is 17.3 Å². The molecule has 0 aliphatic heterocycles. The fourth-order valence-electron chi connectivity index (χ4n) is 2.96. The normalized spacial score (nSPS) is 19.8. The van der Waals surface area contributed by atoms with Crippen LogP contribution >= 0.6 is 24.0 Å². The number of amides is 2. The molecule has 4 N–H and O–H groups in total. The summed E-state index contributed by atoms with van der Waals surface area (Å²) in [6, 6.07) is 4.89. The number of hydrogen-bond acceptors (Lipinski definition) is 3. The van der Waals surface area contributed by atoms with Crippen molar-refractivity contribution in [2.24, 2.45) is 17.6 Å². The van der Waals surface area contributed by atoms with Gasteiger partial charge in [-0.2, -0.15) is 0 Å². The van der Waals surface area contributed by atoms with Crippen molar-refractivity contribution >= 4 is 41.5 Å². The van der Waals surface area contributed by atoms with Crippen LogP contribution < -0.4 is 16.4 Å². The van der Waals surface area contributed by atoms with Crippen molar-refractivity contribution in [1.29, 1.82) is 0 Å². The predicted octanol–water partition coefficient (Wildman–Crippen LogP) is 2.83. The maximum Gasteiger partial charge on any atom is 0.253 e. The molecular weight excluding hydrogens is 337 g/mol. The summed E-state index contributed by atoms with van der Waals surface area (Å²) in [6.07, 6.45) is 2.85. The molecule has 1 fully saturated rings. The zero-order valence-electron chi connectivity index (χ0n) is 13.1. The molecule has 1 aliphatic rings. The van der Waals surface area contributed by atoms with Crippen molar-refractivity contribution in [3.8, 4) is 0 Å². The van der Waals surface area contributed by atoms with E-state index in [-0.39, 0.29) is 36.1 Å². The predicted molar refractivity (Wildman–Crippen MR) is 95.2 cm³/mol. The number of hydrogen-bond donors (Lipinski definition) is 3. The van der Waals surface area contributed by atoms with Crippen LogP contribution in [0.2, 0.25) is 5.02 Å². The fraction of sp³-hybridized carbons (Fsp3) is 0.500. The summed E-state index contributed by atoms with van der Waals surface area (Å²) in [5, 5.41) is 6.05. The van der Waals surface area contributed by atoms with Gasteiger partial charge < -0.3 is 16.4 Å². The zero-order valence-corrected chi connectivity index (χ0v) is 14.7. The molecule has 0 spiro atoms. The Hall–Kier alpha value is -1.30. The third-order valence-electron chi connectivity index (χ3n) is 4.12. The summed E-state index contributed by atoms with van der Waals surface area (Å²) in [7, 11) is 0. The third-order valence-corrected chi connectivity index (χ3v) is 4.36. The highest BCUT2D eigenvalue weighted by Crippen LogP contribution is 2.32. The van der Waals surface area contributed by atoms with Crippen LogP contribution in [-0.4, -0.2) is 24.9 Å². The number of anilines is 1. The van der Waals surface area contributed by atoms with E-state index >= 15 is 0 Å². The Balaban J connectivity index is 0.00000264. The Morgan fingerprint density at radius 1 is 1.35 bits per heavy atom. The molecule has 1 aromatic rings. The Morgan fingerprint density at radius 2 is 2.09 bits per heavy atom. The van der Waals surface area contributed by atoms with Crippen molar-refractivity contribution in [2.75, 3.05) is 18.4 Å². The van der Waals surface area contributed by atoms with Gasteiger partial charge in [0.1, 0.15) is 0 Å². The van der Waals surface area contributed by atoms with Gasteiger partial charge in [0.15, 0.2) is 0 Å². The lowest BCUT2D eigenvalue weighted by atomic mass is 9.95. The van der Waals surface area contributed by atoms with Gasteiger partial charge in [0.2, 0.25) is 5.91 Å². The van der Waals surface area contributed by atoms with Gasteiger partial charge in [-0.05, 0) is 50.4 Å². The van der Waals surface area contributed by atoms with Crippen LogP contribution in [0.3, 0.4) is 0 Å². The van der Waals surface area contributed by atoms with Crippen molar-refractivity contribution in [3.05, 3.63) is 28.8 Å². The largest absolute Gasteiger partial charge is 0.352 e. The van der Waals surface area contributed by atoms with Gasteiger partial charge in [0, 0.05) is 17.5 Å². The lowest BCUT2D eigenvalue weighted by molar-refractivity contribution is -0.120. The molecule has 2 atom stereocenters. The van der Waals surface area contributed by atoms with E-state index in [1.54, 1.807) is 18.2 Å². The highest BCUT2D eigenvalue weighted by atomic mass is 35.5. The first kappa shape index (κ1) is 19.7. The smallest absolute Gasteiger partial charge is 0.253 e. The van der Waals surface area contributed by atoms with E-state index in [0.717, 1.165) is 19.3 Å². The number of nitrogens with two attached hydrogens (primary N) is 1. The maximum absolute atomic E-state index is 12.5. The second kappa shape index (κ2) is 9.11. The number of carbonyl (C=O) groups is 2. The Morgan fingerprint density at radius 3 is 2.74 bits per heavy atom. The van der Waals surface area contributed by atoms with E-state index in [1.807, 2.05) is 6.92 Å². The van der Waals surface area contributed by atoms with E-state index in [2.05, 4.69) is 10.6 Å². The quantitative estimate of drug-likeness (QED) is 0.755. The average molecular weight is 360 g/mol. The molecule has 2 rings (SSSR count). The average Bonchev–Trinajstić information content (AvgIpc) is 2.97. The van der Waals surface area contributed by atoms with Crippen LogP contribution in [0, 0.1) is 11.8 Å². The summed E-state index contributed by atoms with van der Waals surface area (Å²) in [5.74, 6) is -0.175. The number of carbonyl (C=O) groups excluding carboxylic acids is 2. The van der Waals surface area contributed by atoms with Gasteiger partial charge >= 0.3 is 0 Å². The number of nitrogens with one attached hydrogen (secondary N) is 2. The van der Waals surface area contributed by atoms with Crippen LogP contribution in [-0.2, 0) is 4.79 Å². The summed E-state index contributed by atoms with van der Waals surface area (Å²) >= 11 is 5.96. The molecule has 0 radical (unpaired) electrons. The molecule has 0 heterocycles. The fourth-order valence-corrected chi connectivity index (χ4v) is 3.13. The topological polar surface area (TPSA) is 84.2 Å². The SMILES string of the molecule is CCNC(=O)c1cc(Cl)ccc1NC(=O)[C@@H]1CCC[C@@H]1CN.Cl. The van der Waals surface area contributed by atoms with Gasteiger partial charge in [-0.1, -0.05) is 18.0 Å². The third kappa shape index (κ3) is 4.83. The van der Waals surface area contributed by atoms with Crippen LogP contribution in [0.1, 0.15) is 36.5 Å². The Kier molecular flexibility index (Phi) is 7.82. The van der Waals surface area contributed by atoms with Crippen molar-refractivity contribution in [3.63, 3.8) is 0 Å². The molecule has 5 nitrogen and oxygen atoms in total. The van der Waals surface area contributed by atoms with Gasteiger partial charge in [0.25, 0.3) is 5.91 Å². The second-order valence-corrected chi connectivity index (χ2v) is 6.01. The lowest BCUT2D eigenvalue weighted by Crippen LogP contribution is -2.31. The van der Waals surface area contributed by atoms with E-state index in [9.17, 15) is 9.59 Å². The van der Waals surface area contributed by atoms with E-state index in [0.29, 0.717) is 29.4 Å². The molecule has 23 heavy (non-hydrogen) atoms. The van der Waals surface area contributed by atoms with Gasteiger partial charge in [-0.3, -0.25) is 9.59 Å². The molecular formula is C16H23Cl2N3O2. The molecule has 7 heteroatoms. The molecule has 128 valence electrons. The Bertz CT molecular complexity index is 566. The summed E-state index contributed by atoms with van der Waals surface area (Å²) < 4.78 is 0. The first-order valence-corrected chi connectivity index (χ1v) is 8.03. The second-order valence-electron chi connectivity index (χ2n) is 5.57. The van der Waals surface area contributed by atoms with Gasteiger partial charge in [0.05, 0.1) is 11.3 Å². The summed E-state index contributed by atoms with van der Waals surface area (Å²) in [6.45, 7) is 2.86. The van der Waals surface area contributed by atoms with Crippen molar-refractivity contribution in [2.45, 2.75) is 26.2 Å². The molecule has 0 unspecified atom stereocenters. The highest BCUT2D eigenvalue weighted by molar-refractivity contribution is 6.31. The van der Waals surface area contributed by atoms with Crippen LogP contribution in [0.25, 0.3) is 0 Å². The van der Waals surface area contributed by atoms with Crippen molar-refractivity contribution in [1.82, 2.24) is 5.32 Å². The molecule has 0 aromatic heterocycles. The van der Waals surface area contributed by atoms with Crippen molar-refractivity contribution < 1.29 is 9.59 Å². The monoisotopic (exact) mass is 359 g/mol. The number of rotatable bonds is 5. The number of halogens is 2. The van der Waals surface area contributed by atoms with Gasteiger partial charge in [-0.15, -0.1) is 12.4 Å². The first-order valence-electron chi connectivity index (χ1n) is 7.65. The molecule has 1 saturated carbocycles. The van der Waals surface area contributed by atoms with Crippen LogP contribution in [0.5, 0.6) is 0 Å². The molecule has 0 saturated heterocycles. The van der Waals surface area contributed by atoms with Crippen LogP contribution in [0.4, 0.5) is 5.69 Å². The Labute approximate surface area is 147 Å². The molecule has 0 bridgehead atoms. The minimum absolute atomic E-state index is 0. The van der Waals surface area contributed by atoms with Crippen LogP contribution in [0.15, 0.2) is 18.2 Å².